The van der Waals surface area contributed by atoms with E-state index in [1.165, 1.54) is 30.7 Å². The highest BCUT2D eigenvalue weighted by atomic mass is 127. The van der Waals surface area contributed by atoms with Crippen LogP contribution in [0.15, 0.2) is 41.0 Å². The fourth-order valence-electron chi connectivity index (χ4n) is 5.55. The molecule has 1 aliphatic rings. The Hall–Kier alpha value is -4.46. The summed E-state index contributed by atoms with van der Waals surface area (Å²) in [6.07, 6.45) is 1.33. The van der Waals surface area contributed by atoms with Crippen molar-refractivity contribution in [1.82, 2.24) is 25.5 Å². The highest BCUT2D eigenvalue weighted by Crippen LogP contribution is 2.35. The van der Waals surface area contributed by atoms with E-state index in [-0.39, 0.29) is 45.6 Å². The number of ether oxygens (including phenoxy) is 2. The highest BCUT2D eigenvalue weighted by Gasteiger charge is 2.33. The van der Waals surface area contributed by atoms with Gasteiger partial charge in [0.25, 0.3) is 5.56 Å². The Morgan fingerprint density at radius 2 is 1.85 bits per heavy atom. The average Bonchev–Trinajstić information content (AvgIpc) is 3.49. The monoisotopic (exact) mass is 877 g/mol. The Bertz CT molecular complexity index is 2080. The molecule has 0 saturated carbocycles. The van der Waals surface area contributed by atoms with Crippen molar-refractivity contribution in [2.45, 2.75) is 89.3 Å². The Morgan fingerprint density at radius 3 is 2.49 bits per heavy atom. The lowest BCUT2D eigenvalue weighted by Gasteiger charge is -2.32. The smallest absolute Gasteiger partial charge is 0.257 e. The van der Waals surface area contributed by atoms with Crippen LogP contribution in [0, 0.1) is 11.2 Å². The van der Waals surface area contributed by atoms with Gasteiger partial charge in [-0.15, -0.1) is 0 Å². The average molecular weight is 878 g/mol. The summed E-state index contributed by atoms with van der Waals surface area (Å²) >= 11 is 2.29. The van der Waals surface area contributed by atoms with Crippen LogP contribution in [0.25, 0.3) is 22.3 Å². The Labute approximate surface area is 332 Å². The lowest BCUT2D eigenvalue weighted by molar-refractivity contribution is -0.137. The molecule has 0 saturated heterocycles. The molecule has 298 valence electrons. The minimum atomic E-state index is -1.55. The fourth-order valence-corrected chi connectivity index (χ4v) is 5.70. The molecule has 0 spiro atoms. The predicted octanol–water partition coefficient (Wildman–Crippen LogP) is 3.27. The van der Waals surface area contributed by atoms with Gasteiger partial charge in [-0.1, -0.05) is 29.5 Å². The number of alkyl halides is 1. The van der Waals surface area contributed by atoms with Gasteiger partial charge in [-0.3, -0.25) is 19.2 Å². The number of pyridine rings is 2. The number of aldehydes is 1. The summed E-state index contributed by atoms with van der Waals surface area (Å²) in [5, 5.41) is 21.6. The number of methoxy groups -OCH3 is 1. The molecule has 4 rings (SSSR count). The van der Waals surface area contributed by atoms with Gasteiger partial charge in [-0.05, 0) is 66.2 Å². The molecule has 3 amide bonds. The van der Waals surface area contributed by atoms with Gasteiger partial charge in [0.2, 0.25) is 17.7 Å². The minimum absolute atomic E-state index is 0.00103. The number of nitrogens with two attached hydrogens (primary N) is 1. The molecule has 3 atom stereocenters. The number of anilines is 1. The molecule has 1 aromatic carbocycles. The topological polar surface area (TPSA) is 216 Å². The number of amides is 3. The summed E-state index contributed by atoms with van der Waals surface area (Å²) in [7, 11) is 1.39. The van der Waals surface area contributed by atoms with Crippen molar-refractivity contribution in [2.75, 3.05) is 25.6 Å². The SMILES string of the molecule is CCC(C)(I)N/C=C(\N)C(C)(C)OCC(C)(C)C(=O)NCC(=O)NC(C)C(=O)Nc1cc2cc3c(nc2cc1F)-c1cc(C(O)C=O)c(COC)c(=O)n1C3. The molecular weight excluding hydrogens is 828 g/mol. The number of hydrogen-bond acceptors (Lipinski definition) is 11. The van der Waals surface area contributed by atoms with Crippen LogP contribution >= 0.6 is 22.6 Å². The third-order valence-corrected chi connectivity index (χ3v) is 10.5. The van der Waals surface area contributed by atoms with Gasteiger partial charge in [-0.25, -0.2) is 9.37 Å². The Balaban J connectivity index is 1.37. The van der Waals surface area contributed by atoms with E-state index >= 15 is 4.39 Å². The first-order valence-electron chi connectivity index (χ1n) is 17.6. The number of hydrogen-bond donors (Lipinski definition) is 6. The second-order valence-corrected chi connectivity index (χ2v) is 17.2. The molecule has 0 aliphatic carbocycles. The second-order valence-electron chi connectivity index (χ2n) is 14.8. The molecule has 0 bridgehead atoms. The number of carbonyl (C=O) groups is 4. The standard InChI is InChI=1S/C38H49FIN7O8/c1-9-38(7,40)43-14-30(41)37(5,6)55-19-36(3,4)35(53)42-15-31(50)44-20(2)33(51)46-27-11-21-10-22-16-47-28(32(22)45-26(21)13-25(27)39)12-23(29(49)17-48)24(18-54-8)34(47)52/h10-14,17,20,29,43,49H,9,15-16,18-19,41H2,1-8H3,(H,42,53)(H,44,50)(H,46,51)/b30-14-. The van der Waals surface area contributed by atoms with E-state index in [1.807, 2.05) is 13.8 Å². The number of nitrogens with zero attached hydrogens (tertiary/aromatic N) is 2. The number of halogens is 2. The largest absolute Gasteiger partial charge is 0.399 e. The minimum Gasteiger partial charge on any atom is -0.399 e. The van der Waals surface area contributed by atoms with E-state index in [2.05, 4.69) is 48.8 Å². The zero-order chi connectivity index (χ0) is 41.0. The molecule has 0 fully saturated rings. The van der Waals surface area contributed by atoms with Crippen LogP contribution in [-0.2, 0) is 41.8 Å². The van der Waals surface area contributed by atoms with Gasteiger partial charge >= 0.3 is 0 Å². The van der Waals surface area contributed by atoms with Gasteiger partial charge in [-0.2, -0.15) is 0 Å². The number of aromatic nitrogens is 2. The predicted molar refractivity (Wildman–Crippen MR) is 213 cm³/mol. The second kappa shape index (κ2) is 17.1. The molecule has 1 aliphatic heterocycles. The molecule has 7 N–H and O–H groups in total. The number of aliphatic hydroxyl groups excluding tert-OH is 1. The molecule has 3 unspecified atom stereocenters. The van der Waals surface area contributed by atoms with Crippen molar-refractivity contribution >= 4 is 63.2 Å². The van der Waals surface area contributed by atoms with Crippen molar-refractivity contribution in [3.05, 3.63) is 69.0 Å². The number of nitrogens with one attached hydrogen (secondary N) is 4. The maximum Gasteiger partial charge on any atom is 0.257 e. The number of carbonyl (C=O) groups excluding carboxylic acids is 4. The maximum atomic E-state index is 15.3. The molecular formula is C38H49FIN7O8. The first-order valence-corrected chi connectivity index (χ1v) is 18.7. The van der Waals surface area contributed by atoms with Crippen molar-refractivity contribution in [2.24, 2.45) is 11.1 Å². The zero-order valence-corrected chi connectivity index (χ0v) is 34.3. The van der Waals surface area contributed by atoms with Crippen molar-refractivity contribution in [3.8, 4) is 11.4 Å². The van der Waals surface area contributed by atoms with Crippen molar-refractivity contribution in [1.29, 1.82) is 0 Å². The van der Waals surface area contributed by atoms with E-state index in [1.54, 1.807) is 40.0 Å². The summed E-state index contributed by atoms with van der Waals surface area (Å²) in [4.78, 5) is 68.0. The van der Waals surface area contributed by atoms with E-state index in [0.717, 1.165) is 12.5 Å². The lowest BCUT2D eigenvalue weighted by atomic mass is 9.93. The van der Waals surface area contributed by atoms with Gasteiger partial charge < -0.3 is 50.9 Å². The zero-order valence-electron chi connectivity index (χ0n) is 32.2. The van der Waals surface area contributed by atoms with Gasteiger partial charge in [0.05, 0.1) is 63.6 Å². The molecule has 3 aromatic rings. The highest BCUT2D eigenvalue weighted by molar-refractivity contribution is 14.1. The number of aliphatic hydroxyl groups is 1. The van der Waals surface area contributed by atoms with Crippen LogP contribution in [0.2, 0.25) is 0 Å². The van der Waals surface area contributed by atoms with Gasteiger partial charge in [0, 0.05) is 41.5 Å². The number of benzene rings is 1. The summed E-state index contributed by atoms with van der Waals surface area (Å²) in [6, 6.07) is 4.64. The maximum absolute atomic E-state index is 15.3. The van der Waals surface area contributed by atoms with Crippen molar-refractivity contribution in [3.63, 3.8) is 0 Å². The number of fused-ring (bicyclic) bond motifs is 4. The third-order valence-electron chi connectivity index (χ3n) is 9.46. The van der Waals surface area contributed by atoms with Crippen LogP contribution in [0.5, 0.6) is 0 Å². The van der Waals surface area contributed by atoms with Crippen LogP contribution in [0.4, 0.5) is 10.1 Å². The molecule has 3 heterocycles. The van der Waals surface area contributed by atoms with Crippen molar-refractivity contribution < 1.29 is 38.1 Å². The van der Waals surface area contributed by atoms with E-state index in [9.17, 15) is 29.1 Å². The van der Waals surface area contributed by atoms with Crippen LogP contribution in [-0.4, -0.2) is 74.1 Å². The summed E-state index contributed by atoms with van der Waals surface area (Å²) < 4.78 is 27.7. The van der Waals surface area contributed by atoms with Crippen LogP contribution in [0.1, 0.15) is 77.7 Å². The normalized spacial score (nSPS) is 15.0. The van der Waals surface area contributed by atoms with Crippen LogP contribution in [0.3, 0.4) is 0 Å². The van der Waals surface area contributed by atoms with E-state index in [4.69, 9.17) is 15.2 Å². The summed E-state index contributed by atoms with van der Waals surface area (Å²) in [5.74, 6) is -2.61. The third kappa shape index (κ3) is 10.1. The Morgan fingerprint density at radius 1 is 1.16 bits per heavy atom. The fraction of sp³-hybridized carbons (Fsp3) is 0.474. The van der Waals surface area contributed by atoms with Gasteiger partial charge in [0.1, 0.15) is 23.6 Å². The van der Waals surface area contributed by atoms with E-state index in [0.29, 0.717) is 34.3 Å². The lowest BCUT2D eigenvalue weighted by Crippen LogP contribution is -2.49. The molecule has 55 heavy (non-hydrogen) atoms. The van der Waals surface area contributed by atoms with E-state index < -0.39 is 58.8 Å². The first-order chi connectivity index (χ1) is 25.6. The molecule has 15 nitrogen and oxygen atoms in total. The Kier molecular flexibility index (Phi) is 13.5. The van der Waals surface area contributed by atoms with Gasteiger partial charge in [0.15, 0.2) is 6.29 Å². The van der Waals surface area contributed by atoms with Crippen LogP contribution < -0.4 is 32.6 Å². The quantitative estimate of drug-likeness (QED) is 0.0392. The molecule has 2 aromatic heterocycles. The number of rotatable bonds is 17. The summed E-state index contributed by atoms with van der Waals surface area (Å²) in [5.41, 5.74) is 6.01. The summed E-state index contributed by atoms with van der Waals surface area (Å²) in [6.45, 7) is 12.0. The molecule has 17 heteroatoms. The first kappa shape index (κ1) is 43.3. The molecule has 0 radical (unpaired) electrons.